The smallest absolute Gasteiger partial charge is 0.155 e. The molecule has 3 saturated carbocycles. The Morgan fingerprint density at radius 2 is 1.95 bits per heavy atom. The summed E-state index contributed by atoms with van der Waals surface area (Å²) in [7, 11) is 0. The monoisotopic (exact) mass is 274 g/mol. The van der Waals surface area contributed by atoms with Crippen LogP contribution in [0.3, 0.4) is 0 Å². The normalized spacial score (nSPS) is 51.0. The van der Waals surface area contributed by atoms with Crippen molar-refractivity contribution in [3.05, 3.63) is 11.6 Å². The van der Waals surface area contributed by atoms with Gasteiger partial charge < -0.3 is 5.11 Å². The molecular weight excluding hydrogens is 248 g/mol. The summed E-state index contributed by atoms with van der Waals surface area (Å²) >= 11 is 0. The van der Waals surface area contributed by atoms with Gasteiger partial charge in [-0.25, -0.2) is 0 Å². The fourth-order valence-corrected chi connectivity index (χ4v) is 6.15. The number of allylic oxidation sites excluding steroid dienone is 1. The number of hydrogen-bond donors (Lipinski definition) is 1. The lowest BCUT2D eigenvalue weighted by atomic mass is 9.52. The first kappa shape index (κ1) is 13.1. The highest BCUT2D eigenvalue weighted by Crippen LogP contribution is 2.61. The van der Waals surface area contributed by atoms with Gasteiger partial charge in [-0.05, 0) is 80.1 Å². The quantitative estimate of drug-likeness (QED) is 0.734. The predicted molar refractivity (Wildman–Crippen MR) is 78.1 cm³/mol. The molecule has 0 aromatic heterocycles. The van der Waals surface area contributed by atoms with Gasteiger partial charge in [0.25, 0.3) is 0 Å². The summed E-state index contributed by atoms with van der Waals surface area (Å²) in [6.07, 6.45) is 10.9. The van der Waals surface area contributed by atoms with E-state index in [4.69, 9.17) is 0 Å². The maximum atomic E-state index is 11.6. The van der Waals surface area contributed by atoms with Crippen LogP contribution in [0.1, 0.15) is 58.3 Å². The second-order valence-electron chi connectivity index (χ2n) is 7.94. The summed E-state index contributed by atoms with van der Waals surface area (Å²) in [5, 5.41) is 10.4. The van der Waals surface area contributed by atoms with Crippen molar-refractivity contribution in [2.75, 3.05) is 0 Å². The van der Waals surface area contributed by atoms with Crippen molar-refractivity contribution < 1.29 is 9.90 Å². The average Bonchev–Trinajstić information content (AvgIpc) is 2.74. The summed E-state index contributed by atoms with van der Waals surface area (Å²) in [5.74, 6) is 3.38. The van der Waals surface area contributed by atoms with Crippen LogP contribution in [-0.4, -0.2) is 17.0 Å². The van der Waals surface area contributed by atoms with Crippen molar-refractivity contribution in [3.8, 4) is 0 Å². The van der Waals surface area contributed by atoms with Gasteiger partial charge >= 0.3 is 0 Å². The molecule has 2 nitrogen and oxygen atoms in total. The van der Waals surface area contributed by atoms with Gasteiger partial charge in [0.2, 0.25) is 0 Å². The number of rotatable bonds is 0. The van der Waals surface area contributed by atoms with Crippen LogP contribution in [0, 0.1) is 29.1 Å². The fourth-order valence-electron chi connectivity index (χ4n) is 6.15. The van der Waals surface area contributed by atoms with Crippen LogP contribution in [0.25, 0.3) is 0 Å². The summed E-state index contributed by atoms with van der Waals surface area (Å²) in [5.41, 5.74) is 1.65. The molecule has 0 aromatic rings. The summed E-state index contributed by atoms with van der Waals surface area (Å²) in [6, 6.07) is 0. The number of carbonyl (C=O) groups excluding carboxylic acids is 1. The van der Waals surface area contributed by atoms with Gasteiger partial charge in [0.15, 0.2) is 5.78 Å². The highest BCUT2D eigenvalue weighted by molar-refractivity contribution is 5.91. The fraction of sp³-hybridized carbons (Fsp3) is 0.833. The van der Waals surface area contributed by atoms with Gasteiger partial charge in [-0.3, -0.25) is 4.79 Å². The van der Waals surface area contributed by atoms with Crippen molar-refractivity contribution in [1.82, 2.24) is 0 Å². The molecule has 0 bridgehead atoms. The van der Waals surface area contributed by atoms with Crippen LogP contribution in [0.4, 0.5) is 0 Å². The van der Waals surface area contributed by atoms with Gasteiger partial charge in [0, 0.05) is 6.42 Å². The molecule has 4 rings (SSSR count). The van der Waals surface area contributed by atoms with Gasteiger partial charge in [-0.2, -0.15) is 0 Å². The minimum absolute atomic E-state index is 0.0710. The molecule has 3 fully saturated rings. The molecule has 0 heterocycles. The SMILES string of the molecule is C[C@]12CC[C@H]3[C@H](CCC4=CC(=O)CC[C@H]43)[C@@H]1CC[C@H]2O. The van der Waals surface area contributed by atoms with E-state index in [1.54, 1.807) is 0 Å². The van der Waals surface area contributed by atoms with Gasteiger partial charge in [-0.15, -0.1) is 0 Å². The molecule has 0 unspecified atom stereocenters. The van der Waals surface area contributed by atoms with E-state index in [0.29, 0.717) is 11.7 Å². The number of aliphatic hydroxyl groups excluding tert-OH is 1. The number of aliphatic hydroxyl groups is 1. The standard InChI is InChI=1S/C18H26O2/c1-18-9-8-14-13-5-3-12(19)10-11(13)2-4-15(14)16(18)6-7-17(18)20/h10,13-17,20H,2-9H2,1H3/t13-,14-,15+,16+,17-,18+/m1/s1. The predicted octanol–water partition coefficient (Wildman–Crippen LogP) is 3.49. The minimum atomic E-state index is -0.0710. The maximum Gasteiger partial charge on any atom is 0.155 e. The third-order valence-corrected chi connectivity index (χ3v) is 7.25. The average molecular weight is 274 g/mol. The highest BCUT2D eigenvalue weighted by atomic mass is 16.3. The zero-order valence-electron chi connectivity index (χ0n) is 12.5. The summed E-state index contributed by atoms with van der Waals surface area (Å²) in [6.45, 7) is 2.33. The highest BCUT2D eigenvalue weighted by Gasteiger charge is 2.55. The molecule has 20 heavy (non-hydrogen) atoms. The van der Waals surface area contributed by atoms with Crippen LogP contribution in [0.15, 0.2) is 11.6 Å². The lowest BCUT2D eigenvalue weighted by Crippen LogP contribution is -2.47. The first-order valence-corrected chi connectivity index (χ1v) is 8.51. The Morgan fingerprint density at radius 3 is 2.80 bits per heavy atom. The Hall–Kier alpha value is -0.630. The zero-order valence-corrected chi connectivity index (χ0v) is 12.5. The zero-order chi connectivity index (χ0) is 13.9. The third kappa shape index (κ3) is 1.70. The van der Waals surface area contributed by atoms with E-state index in [1.807, 2.05) is 6.08 Å². The maximum absolute atomic E-state index is 11.6. The summed E-state index contributed by atoms with van der Waals surface area (Å²) in [4.78, 5) is 11.6. The van der Waals surface area contributed by atoms with Crippen LogP contribution in [0.5, 0.6) is 0 Å². The Bertz CT molecular complexity index is 466. The Labute approximate surface area is 121 Å². The van der Waals surface area contributed by atoms with Crippen LogP contribution in [-0.2, 0) is 4.79 Å². The molecule has 0 saturated heterocycles. The van der Waals surface area contributed by atoms with Gasteiger partial charge in [-0.1, -0.05) is 12.5 Å². The van der Waals surface area contributed by atoms with E-state index >= 15 is 0 Å². The number of carbonyl (C=O) groups is 1. The van der Waals surface area contributed by atoms with E-state index in [0.717, 1.165) is 43.4 Å². The molecular formula is C18H26O2. The van der Waals surface area contributed by atoms with Crippen molar-refractivity contribution >= 4 is 5.78 Å². The van der Waals surface area contributed by atoms with E-state index in [9.17, 15) is 9.90 Å². The third-order valence-electron chi connectivity index (χ3n) is 7.25. The van der Waals surface area contributed by atoms with E-state index in [2.05, 4.69) is 6.92 Å². The Balaban J connectivity index is 1.63. The Kier molecular flexibility index (Phi) is 2.89. The molecule has 6 atom stereocenters. The second-order valence-corrected chi connectivity index (χ2v) is 7.94. The molecule has 2 heteroatoms. The lowest BCUT2D eigenvalue weighted by Gasteiger charge is -2.53. The number of fused-ring (bicyclic) bond motifs is 5. The first-order chi connectivity index (χ1) is 9.59. The van der Waals surface area contributed by atoms with E-state index in [-0.39, 0.29) is 11.5 Å². The molecule has 0 aromatic carbocycles. The molecule has 0 amide bonds. The van der Waals surface area contributed by atoms with Crippen LogP contribution >= 0.6 is 0 Å². The molecule has 4 aliphatic rings. The van der Waals surface area contributed by atoms with Gasteiger partial charge in [0.1, 0.15) is 0 Å². The van der Waals surface area contributed by atoms with Crippen molar-refractivity contribution in [3.63, 3.8) is 0 Å². The minimum Gasteiger partial charge on any atom is -0.393 e. The molecule has 110 valence electrons. The molecule has 0 spiro atoms. The van der Waals surface area contributed by atoms with Crippen LogP contribution < -0.4 is 0 Å². The lowest BCUT2D eigenvalue weighted by molar-refractivity contribution is -0.116. The molecule has 0 aliphatic heterocycles. The number of ketones is 1. The van der Waals surface area contributed by atoms with Gasteiger partial charge in [0.05, 0.1) is 6.10 Å². The van der Waals surface area contributed by atoms with Crippen molar-refractivity contribution in [1.29, 1.82) is 0 Å². The Morgan fingerprint density at radius 1 is 1.10 bits per heavy atom. The second kappa shape index (κ2) is 4.43. The van der Waals surface area contributed by atoms with E-state index in [1.165, 1.54) is 31.3 Å². The van der Waals surface area contributed by atoms with Crippen molar-refractivity contribution in [2.45, 2.75) is 64.4 Å². The molecule has 1 N–H and O–H groups in total. The summed E-state index contributed by atoms with van der Waals surface area (Å²) < 4.78 is 0. The van der Waals surface area contributed by atoms with Crippen molar-refractivity contribution in [2.24, 2.45) is 29.1 Å². The largest absolute Gasteiger partial charge is 0.393 e. The first-order valence-electron chi connectivity index (χ1n) is 8.51. The molecule has 0 radical (unpaired) electrons. The topological polar surface area (TPSA) is 37.3 Å². The number of hydrogen-bond acceptors (Lipinski definition) is 2. The van der Waals surface area contributed by atoms with Crippen LogP contribution in [0.2, 0.25) is 0 Å². The molecule has 4 aliphatic carbocycles. The van der Waals surface area contributed by atoms with E-state index < -0.39 is 0 Å².